The molecule has 1 amide bonds. The first-order valence-corrected chi connectivity index (χ1v) is 8.66. The molecular weight excluding hydrogens is 292 g/mol. The molecule has 1 fully saturated rings. The lowest BCUT2D eigenvalue weighted by atomic mass is 9.99. The highest BCUT2D eigenvalue weighted by atomic mass is 32.1. The topological polar surface area (TPSA) is 32.3 Å². The number of hydrogen-bond acceptors (Lipinski definition) is 3. The van der Waals surface area contributed by atoms with Gasteiger partial charge in [0.15, 0.2) is 0 Å². The van der Waals surface area contributed by atoms with Gasteiger partial charge in [0.1, 0.15) is 0 Å². The monoisotopic (exact) mass is 314 g/mol. The number of nitrogens with zero attached hydrogens (tertiary/aromatic N) is 1. The fraction of sp³-hybridized carbons (Fsp3) is 0.389. The van der Waals surface area contributed by atoms with E-state index in [2.05, 4.69) is 29.3 Å². The third-order valence-corrected chi connectivity index (χ3v) is 5.24. The normalized spacial score (nSPS) is 15.8. The summed E-state index contributed by atoms with van der Waals surface area (Å²) >= 11 is 1.52. The number of benzene rings is 1. The number of carbonyl (C=O) groups is 1. The van der Waals surface area contributed by atoms with Crippen LogP contribution in [0.5, 0.6) is 0 Å². The zero-order chi connectivity index (χ0) is 15.5. The third-order valence-electron chi connectivity index (χ3n) is 4.24. The highest BCUT2D eigenvalue weighted by Crippen LogP contribution is 2.24. The lowest BCUT2D eigenvalue weighted by Gasteiger charge is -2.32. The smallest absolute Gasteiger partial charge is 0.265 e. The third kappa shape index (κ3) is 3.50. The van der Waals surface area contributed by atoms with Crippen molar-refractivity contribution in [2.24, 2.45) is 5.92 Å². The Kier molecular flexibility index (Phi) is 4.48. The lowest BCUT2D eigenvalue weighted by molar-refractivity contribution is 0.103. The minimum absolute atomic E-state index is 0.0300. The molecule has 22 heavy (non-hydrogen) atoms. The van der Waals surface area contributed by atoms with Crippen molar-refractivity contribution in [1.29, 1.82) is 0 Å². The Labute approximate surface area is 136 Å². The van der Waals surface area contributed by atoms with Crippen LogP contribution in [-0.2, 0) is 0 Å². The Hall–Kier alpha value is -1.81. The van der Waals surface area contributed by atoms with Gasteiger partial charge < -0.3 is 10.2 Å². The number of carbonyl (C=O) groups excluding carboxylic acids is 1. The fourth-order valence-corrected chi connectivity index (χ4v) is 3.53. The second-order valence-corrected chi connectivity index (χ2v) is 7.37. The van der Waals surface area contributed by atoms with E-state index in [-0.39, 0.29) is 5.91 Å². The van der Waals surface area contributed by atoms with Gasteiger partial charge in [0.05, 0.1) is 4.88 Å². The second-order valence-electron chi connectivity index (χ2n) is 6.08. The summed E-state index contributed by atoms with van der Waals surface area (Å²) in [6, 6.07) is 12.0. The molecule has 0 atom stereocenters. The zero-order valence-corrected chi connectivity index (χ0v) is 14.0. The molecule has 1 aliphatic heterocycles. The zero-order valence-electron chi connectivity index (χ0n) is 13.1. The number of piperidine rings is 1. The molecule has 4 heteroatoms. The molecule has 1 aromatic carbocycles. The van der Waals surface area contributed by atoms with Crippen molar-refractivity contribution in [3.8, 4) is 0 Å². The second kappa shape index (κ2) is 6.53. The molecule has 0 bridgehead atoms. The molecular formula is C18H22N2OS. The number of amides is 1. The van der Waals surface area contributed by atoms with Gasteiger partial charge in [0.25, 0.3) is 5.91 Å². The number of rotatable bonds is 3. The predicted molar refractivity (Wildman–Crippen MR) is 94.1 cm³/mol. The van der Waals surface area contributed by atoms with Crippen molar-refractivity contribution in [3.63, 3.8) is 0 Å². The van der Waals surface area contributed by atoms with Gasteiger partial charge in [-0.05, 0) is 62.1 Å². The number of nitrogens with one attached hydrogen (secondary N) is 1. The molecule has 1 aromatic heterocycles. The van der Waals surface area contributed by atoms with E-state index in [0.29, 0.717) is 0 Å². The fourth-order valence-electron chi connectivity index (χ4n) is 2.77. The quantitative estimate of drug-likeness (QED) is 0.901. The van der Waals surface area contributed by atoms with Crippen LogP contribution in [0.4, 0.5) is 11.4 Å². The molecule has 116 valence electrons. The largest absolute Gasteiger partial charge is 0.372 e. The number of aryl methyl sites for hydroxylation is 1. The summed E-state index contributed by atoms with van der Waals surface area (Å²) < 4.78 is 0. The van der Waals surface area contributed by atoms with Crippen molar-refractivity contribution in [2.45, 2.75) is 26.7 Å². The summed E-state index contributed by atoms with van der Waals surface area (Å²) in [7, 11) is 0. The van der Waals surface area contributed by atoms with E-state index in [0.717, 1.165) is 34.4 Å². The average molecular weight is 314 g/mol. The molecule has 0 radical (unpaired) electrons. The average Bonchev–Trinajstić information content (AvgIpc) is 2.96. The first-order valence-electron chi connectivity index (χ1n) is 7.84. The molecule has 3 rings (SSSR count). The van der Waals surface area contributed by atoms with Crippen molar-refractivity contribution in [1.82, 2.24) is 0 Å². The first kappa shape index (κ1) is 15.1. The van der Waals surface area contributed by atoms with Gasteiger partial charge in [-0.2, -0.15) is 0 Å². The summed E-state index contributed by atoms with van der Waals surface area (Å²) in [6.45, 7) is 6.58. The summed E-state index contributed by atoms with van der Waals surface area (Å²) in [6.07, 6.45) is 2.52. The molecule has 1 N–H and O–H groups in total. The molecule has 0 saturated carbocycles. The van der Waals surface area contributed by atoms with E-state index in [4.69, 9.17) is 0 Å². The molecule has 3 nitrogen and oxygen atoms in total. The Morgan fingerprint density at radius 2 is 1.82 bits per heavy atom. The van der Waals surface area contributed by atoms with Gasteiger partial charge in [-0.25, -0.2) is 0 Å². The summed E-state index contributed by atoms with van der Waals surface area (Å²) in [4.78, 5) is 16.5. The Bertz CT molecular complexity index is 639. The van der Waals surface area contributed by atoms with E-state index in [9.17, 15) is 4.79 Å². The highest BCUT2D eigenvalue weighted by Gasteiger charge is 2.16. The molecule has 1 saturated heterocycles. The van der Waals surface area contributed by atoms with Crippen LogP contribution < -0.4 is 10.2 Å². The molecule has 0 unspecified atom stereocenters. The van der Waals surface area contributed by atoms with E-state index < -0.39 is 0 Å². The van der Waals surface area contributed by atoms with Gasteiger partial charge in [0.2, 0.25) is 0 Å². The van der Waals surface area contributed by atoms with Gasteiger partial charge in [-0.15, -0.1) is 11.3 Å². The maximum atomic E-state index is 12.1. The van der Waals surface area contributed by atoms with Gasteiger partial charge >= 0.3 is 0 Å². The molecule has 2 aromatic rings. The van der Waals surface area contributed by atoms with Crippen LogP contribution in [0.1, 0.15) is 34.3 Å². The Morgan fingerprint density at radius 1 is 1.14 bits per heavy atom. The standard InChI is InChI=1S/C18H22N2OS/c1-13-9-11-20(12-10-13)16-6-4-15(5-7-16)19-18(21)17-8-3-14(2)22-17/h3-8,13H,9-12H2,1-2H3,(H,19,21). The summed E-state index contributed by atoms with van der Waals surface area (Å²) in [5.41, 5.74) is 2.10. The van der Waals surface area contributed by atoms with Crippen molar-refractivity contribution < 1.29 is 4.79 Å². The van der Waals surface area contributed by atoms with Crippen molar-refractivity contribution in [3.05, 3.63) is 46.2 Å². The predicted octanol–water partition coefficient (Wildman–Crippen LogP) is 4.55. The maximum absolute atomic E-state index is 12.1. The number of anilines is 2. The van der Waals surface area contributed by atoms with Crippen LogP contribution in [0, 0.1) is 12.8 Å². The van der Waals surface area contributed by atoms with Gasteiger partial charge in [-0.1, -0.05) is 6.92 Å². The van der Waals surface area contributed by atoms with Crippen LogP contribution >= 0.6 is 11.3 Å². The SMILES string of the molecule is Cc1ccc(C(=O)Nc2ccc(N3CCC(C)CC3)cc2)s1. The van der Waals surface area contributed by atoms with E-state index >= 15 is 0 Å². The van der Waals surface area contributed by atoms with Crippen molar-refractivity contribution >= 4 is 28.6 Å². The lowest BCUT2D eigenvalue weighted by Crippen LogP contribution is -2.32. The highest BCUT2D eigenvalue weighted by molar-refractivity contribution is 7.14. The molecule has 1 aliphatic rings. The van der Waals surface area contributed by atoms with Crippen LogP contribution in [0.3, 0.4) is 0 Å². The van der Waals surface area contributed by atoms with E-state index in [1.165, 1.54) is 29.9 Å². The number of thiophene rings is 1. The van der Waals surface area contributed by atoms with Gasteiger partial charge in [0, 0.05) is 29.3 Å². The molecule has 2 heterocycles. The van der Waals surface area contributed by atoms with E-state index in [1.54, 1.807) is 0 Å². The maximum Gasteiger partial charge on any atom is 0.265 e. The Balaban J connectivity index is 1.63. The van der Waals surface area contributed by atoms with Crippen LogP contribution in [0.15, 0.2) is 36.4 Å². The summed E-state index contributed by atoms with van der Waals surface area (Å²) in [5, 5.41) is 2.96. The molecule has 0 aliphatic carbocycles. The Morgan fingerprint density at radius 3 is 2.41 bits per heavy atom. The molecule has 0 spiro atoms. The first-order chi connectivity index (χ1) is 10.6. The minimum atomic E-state index is -0.0300. The number of hydrogen-bond donors (Lipinski definition) is 1. The van der Waals surface area contributed by atoms with E-state index in [1.807, 2.05) is 31.2 Å². The minimum Gasteiger partial charge on any atom is -0.372 e. The van der Waals surface area contributed by atoms with Crippen molar-refractivity contribution in [2.75, 3.05) is 23.3 Å². The van der Waals surface area contributed by atoms with Crippen LogP contribution in [0.25, 0.3) is 0 Å². The van der Waals surface area contributed by atoms with Gasteiger partial charge in [-0.3, -0.25) is 4.79 Å². The van der Waals surface area contributed by atoms with Crippen LogP contribution in [-0.4, -0.2) is 19.0 Å². The van der Waals surface area contributed by atoms with Crippen LogP contribution in [0.2, 0.25) is 0 Å². The summed E-state index contributed by atoms with van der Waals surface area (Å²) in [5.74, 6) is 0.807.